The number of morpholine rings is 1. The molecule has 1 aromatic carbocycles. The molecule has 0 spiro atoms. The standard InChI is InChI=1S/C21H27N3O4S2/c1-2-3-15-4-9-18-19(14-15)29-21(22-18)23-20(25)16-5-7-17(8-6-16)30(26,27)24-10-12-28-13-11-24/h5-8,15H,2-4,9-14H2,1H3,(H,22,23,25). The number of sulfonamides is 1. The van der Waals surface area contributed by atoms with Crippen molar-refractivity contribution in [3.05, 3.63) is 40.4 Å². The fraction of sp³-hybridized carbons (Fsp3) is 0.524. The van der Waals surface area contributed by atoms with Crippen molar-refractivity contribution >= 4 is 32.4 Å². The van der Waals surface area contributed by atoms with E-state index in [1.54, 1.807) is 23.5 Å². The summed E-state index contributed by atoms with van der Waals surface area (Å²) in [5, 5.41) is 3.49. The van der Waals surface area contributed by atoms with E-state index in [2.05, 4.69) is 17.2 Å². The first kappa shape index (κ1) is 21.4. The molecule has 1 aliphatic carbocycles. The quantitative estimate of drug-likeness (QED) is 0.731. The Kier molecular flexibility index (Phi) is 6.52. The first-order valence-electron chi connectivity index (χ1n) is 10.4. The number of aryl methyl sites for hydroxylation is 1. The fourth-order valence-corrected chi connectivity index (χ4v) is 6.56. The monoisotopic (exact) mass is 449 g/mol. The van der Waals surface area contributed by atoms with Crippen LogP contribution in [-0.2, 0) is 27.6 Å². The van der Waals surface area contributed by atoms with Crippen LogP contribution in [0.5, 0.6) is 0 Å². The second-order valence-electron chi connectivity index (χ2n) is 7.78. The predicted molar refractivity (Wildman–Crippen MR) is 117 cm³/mol. The summed E-state index contributed by atoms with van der Waals surface area (Å²) < 4.78 is 32.0. The highest BCUT2D eigenvalue weighted by atomic mass is 32.2. The Morgan fingerprint density at radius 3 is 2.70 bits per heavy atom. The van der Waals surface area contributed by atoms with Crippen molar-refractivity contribution in [1.29, 1.82) is 0 Å². The number of hydrogen-bond acceptors (Lipinski definition) is 6. The van der Waals surface area contributed by atoms with E-state index in [0.717, 1.165) is 25.0 Å². The molecular formula is C21H27N3O4S2. The van der Waals surface area contributed by atoms with Gasteiger partial charge in [0.15, 0.2) is 5.13 Å². The maximum Gasteiger partial charge on any atom is 0.257 e. The highest BCUT2D eigenvalue weighted by molar-refractivity contribution is 7.89. The molecule has 1 N–H and O–H groups in total. The van der Waals surface area contributed by atoms with Gasteiger partial charge in [-0.15, -0.1) is 11.3 Å². The third-order valence-electron chi connectivity index (χ3n) is 5.68. The molecule has 0 saturated carbocycles. The summed E-state index contributed by atoms with van der Waals surface area (Å²) in [7, 11) is -3.56. The van der Waals surface area contributed by atoms with Crippen molar-refractivity contribution in [2.45, 2.75) is 43.9 Å². The van der Waals surface area contributed by atoms with E-state index < -0.39 is 10.0 Å². The van der Waals surface area contributed by atoms with Gasteiger partial charge in [0.1, 0.15) is 0 Å². The Labute approximate surface area is 181 Å². The van der Waals surface area contributed by atoms with Crippen molar-refractivity contribution in [2.24, 2.45) is 5.92 Å². The van der Waals surface area contributed by atoms with Crippen molar-refractivity contribution < 1.29 is 17.9 Å². The number of carbonyl (C=O) groups excluding carboxylic acids is 1. The van der Waals surface area contributed by atoms with E-state index in [9.17, 15) is 13.2 Å². The number of anilines is 1. The van der Waals surface area contributed by atoms with Gasteiger partial charge in [-0.1, -0.05) is 19.8 Å². The van der Waals surface area contributed by atoms with Gasteiger partial charge in [0.2, 0.25) is 10.0 Å². The molecule has 1 aromatic heterocycles. The maximum atomic E-state index is 12.7. The molecule has 1 atom stereocenters. The highest BCUT2D eigenvalue weighted by Gasteiger charge is 2.27. The van der Waals surface area contributed by atoms with Crippen LogP contribution in [0.3, 0.4) is 0 Å². The minimum Gasteiger partial charge on any atom is -0.379 e. The number of ether oxygens (including phenoxy) is 1. The van der Waals surface area contributed by atoms with Crippen molar-refractivity contribution in [2.75, 3.05) is 31.6 Å². The van der Waals surface area contributed by atoms with E-state index in [1.807, 2.05) is 0 Å². The molecule has 4 rings (SSSR count). The molecule has 9 heteroatoms. The Morgan fingerprint density at radius 1 is 1.27 bits per heavy atom. The van der Waals surface area contributed by atoms with Gasteiger partial charge in [0, 0.05) is 23.5 Å². The maximum absolute atomic E-state index is 12.7. The largest absolute Gasteiger partial charge is 0.379 e. The lowest BCUT2D eigenvalue weighted by molar-refractivity contribution is 0.0730. The minimum atomic E-state index is -3.56. The SMILES string of the molecule is CCCC1CCc2nc(NC(=O)c3ccc(S(=O)(=O)N4CCOCC4)cc3)sc2C1. The zero-order valence-corrected chi connectivity index (χ0v) is 18.7. The van der Waals surface area contributed by atoms with Crippen LogP contribution in [0.2, 0.25) is 0 Å². The summed E-state index contributed by atoms with van der Waals surface area (Å²) in [6.45, 7) is 3.70. The number of nitrogens with zero attached hydrogens (tertiary/aromatic N) is 2. The number of fused-ring (bicyclic) bond motifs is 1. The van der Waals surface area contributed by atoms with Crippen LogP contribution < -0.4 is 5.32 Å². The van der Waals surface area contributed by atoms with Gasteiger partial charge in [-0.25, -0.2) is 13.4 Å². The number of thiazole rings is 1. The molecule has 0 radical (unpaired) electrons. The summed E-state index contributed by atoms with van der Waals surface area (Å²) in [4.78, 5) is 18.7. The average molecular weight is 450 g/mol. The third-order valence-corrected chi connectivity index (χ3v) is 8.63. The van der Waals surface area contributed by atoms with Crippen LogP contribution in [0.4, 0.5) is 5.13 Å². The molecule has 0 bridgehead atoms. The minimum absolute atomic E-state index is 0.188. The van der Waals surface area contributed by atoms with Gasteiger partial charge < -0.3 is 4.74 Å². The number of benzene rings is 1. The second kappa shape index (κ2) is 9.13. The van der Waals surface area contributed by atoms with Gasteiger partial charge in [-0.3, -0.25) is 10.1 Å². The molecule has 1 amide bonds. The molecule has 1 unspecified atom stereocenters. The lowest BCUT2D eigenvalue weighted by atomic mass is 9.88. The number of aromatic nitrogens is 1. The lowest BCUT2D eigenvalue weighted by Crippen LogP contribution is -2.40. The Morgan fingerprint density at radius 2 is 2.00 bits per heavy atom. The van der Waals surface area contributed by atoms with Crippen LogP contribution in [0.1, 0.15) is 47.1 Å². The first-order chi connectivity index (χ1) is 14.5. The zero-order chi connectivity index (χ0) is 21.1. The molecule has 1 aliphatic heterocycles. The number of hydrogen-bond donors (Lipinski definition) is 1. The van der Waals surface area contributed by atoms with Gasteiger partial charge in [-0.05, 0) is 49.4 Å². The van der Waals surface area contributed by atoms with E-state index >= 15 is 0 Å². The zero-order valence-electron chi connectivity index (χ0n) is 17.1. The Hall–Kier alpha value is -1.81. The fourth-order valence-electron chi connectivity index (χ4n) is 4.03. The summed E-state index contributed by atoms with van der Waals surface area (Å²) in [5.41, 5.74) is 1.52. The number of rotatable bonds is 6. The lowest BCUT2D eigenvalue weighted by Gasteiger charge is -2.26. The average Bonchev–Trinajstić information content (AvgIpc) is 3.16. The normalized spacial score (nSPS) is 20.0. The van der Waals surface area contributed by atoms with Crippen LogP contribution in [-0.4, -0.2) is 49.9 Å². The topological polar surface area (TPSA) is 88.6 Å². The number of nitrogens with one attached hydrogen (secondary N) is 1. The van der Waals surface area contributed by atoms with E-state index in [0.29, 0.717) is 42.9 Å². The van der Waals surface area contributed by atoms with Gasteiger partial charge in [-0.2, -0.15) is 4.31 Å². The van der Waals surface area contributed by atoms with E-state index in [-0.39, 0.29) is 10.8 Å². The summed E-state index contributed by atoms with van der Waals surface area (Å²) in [5.74, 6) is 0.439. The van der Waals surface area contributed by atoms with Crippen LogP contribution in [0.25, 0.3) is 0 Å². The summed E-state index contributed by atoms with van der Waals surface area (Å²) >= 11 is 1.56. The van der Waals surface area contributed by atoms with Gasteiger partial charge in [0.05, 0.1) is 23.8 Å². The van der Waals surface area contributed by atoms with Gasteiger partial charge in [0.25, 0.3) is 5.91 Å². The second-order valence-corrected chi connectivity index (χ2v) is 10.8. The molecule has 1 fully saturated rings. The Balaban J connectivity index is 1.42. The molecule has 7 nitrogen and oxygen atoms in total. The molecule has 1 saturated heterocycles. The predicted octanol–water partition coefficient (Wildman–Crippen LogP) is 3.32. The molecule has 2 aromatic rings. The Bertz CT molecular complexity index is 996. The first-order valence-corrected chi connectivity index (χ1v) is 12.7. The molecule has 2 aliphatic rings. The molecular weight excluding hydrogens is 422 g/mol. The van der Waals surface area contributed by atoms with Crippen molar-refractivity contribution in [3.8, 4) is 0 Å². The smallest absolute Gasteiger partial charge is 0.257 e. The van der Waals surface area contributed by atoms with E-state index in [4.69, 9.17) is 4.74 Å². The number of carbonyl (C=O) groups is 1. The summed E-state index contributed by atoms with van der Waals surface area (Å²) in [6, 6.07) is 6.07. The molecule has 162 valence electrons. The molecule has 2 heterocycles. The third kappa shape index (κ3) is 4.59. The van der Waals surface area contributed by atoms with Crippen LogP contribution in [0.15, 0.2) is 29.2 Å². The van der Waals surface area contributed by atoms with E-state index in [1.165, 1.54) is 34.2 Å². The highest BCUT2D eigenvalue weighted by Crippen LogP contribution is 2.34. The summed E-state index contributed by atoms with van der Waals surface area (Å²) in [6.07, 6.45) is 5.61. The van der Waals surface area contributed by atoms with Crippen LogP contribution in [0, 0.1) is 5.92 Å². The van der Waals surface area contributed by atoms with Gasteiger partial charge >= 0.3 is 0 Å². The van der Waals surface area contributed by atoms with Crippen LogP contribution >= 0.6 is 11.3 Å². The van der Waals surface area contributed by atoms with Crippen molar-refractivity contribution in [3.63, 3.8) is 0 Å². The molecule has 30 heavy (non-hydrogen) atoms. The number of amides is 1. The van der Waals surface area contributed by atoms with Crippen molar-refractivity contribution in [1.82, 2.24) is 9.29 Å².